The molecule has 0 radical (unpaired) electrons. The number of anilines is 1. The first-order valence-corrected chi connectivity index (χ1v) is 5.46. The fourth-order valence-corrected chi connectivity index (χ4v) is 1.79. The van der Waals surface area contributed by atoms with Gasteiger partial charge in [0.1, 0.15) is 5.69 Å². The highest BCUT2D eigenvalue weighted by Crippen LogP contribution is 2.29. The fraction of sp³-hybridized carbons (Fsp3) is 0.545. The smallest absolute Gasteiger partial charge is 0.291 e. The van der Waals surface area contributed by atoms with Gasteiger partial charge in [-0.05, 0) is 19.8 Å². The molecule has 0 bridgehead atoms. The molecule has 0 aliphatic heterocycles. The predicted octanol–water partition coefficient (Wildman–Crippen LogP) is 2.04. The average Bonchev–Trinajstić information content (AvgIpc) is 2.19. The van der Waals surface area contributed by atoms with Crippen molar-refractivity contribution in [1.82, 2.24) is 4.57 Å². The molecular weight excluding hydrogens is 222 g/mol. The second-order valence-electron chi connectivity index (χ2n) is 4.56. The molecular formula is C11H17N3O3. The average molecular weight is 239 g/mol. The lowest BCUT2D eigenvalue weighted by molar-refractivity contribution is -0.386. The van der Waals surface area contributed by atoms with Crippen LogP contribution in [0.25, 0.3) is 0 Å². The molecule has 0 unspecified atom stereocenters. The van der Waals surface area contributed by atoms with Crippen LogP contribution in [0, 0.1) is 10.1 Å². The molecule has 1 aromatic rings. The van der Waals surface area contributed by atoms with Gasteiger partial charge in [-0.3, -0.25) is 14.9 Å². The lowest BCUT2D eigenvalue weighted by Gasteiger charge is -2.15. The molecule has 1 heterocycles. The van der Waals surface area contributed by atoms with Crippen LogP contribution in [0.3, 0.4) is 0 Å². The van der Waals surface area contributed by atoms with Gasteiger partial charge in [-0.15, -0.1) is 0 Å². The van der Waals surface area contributed by atoms with Crippen molar-refractivity contribution in [2.75, 3.05) is 5.73 Å². The molecule has 1 rings (SSSR count). The van der Waals surface area contributed by atoms with Gasteiger partial charge < -0.3 is 10.3 Å². The summed E-state index contributed by atoms with van der Waals surface area (Å²) in [7, 11) is 0. The third-order valence-electron chi connectivity index (χ3n) is 2.62. The van der Waals surface area contributed by atoms with Crippen molar-refractivity contribution in [2.24, 2.45) is 0 Å². The van der Waals surface area contributed by atoms with Gasteiger partial charge in [0, 0.05) is 6.04 Å². The molecule has 17 heavy (non-hydrogen) atoms. The largest absolute Gasteiger partial charge is 0.394 e. The molecule has 0 saturated carbocycles. The van der Waals surface area contributed by atoms with Crippen molar-refractivity contribution >= 4 is 11.4 Å². The van der Waals surface area contributed by atoms with E-state index in [0.717, 1.165) is 0 Å². The van der Waals surface area contributed by atoms with Gasteiger partial charge in [0.2, 0.25) is 0 Å². The maximum Gasteiger partial charge on any atom is 0.291 e. The maximum absolute atomic E-state index is 11.9. The van der Waals surface area contributed by atoms with Crippen LogP contribution in [-0.2, 0) is 0 Å². The van der Waals surface area contributed by atoms with Crippen LogP contribution in [-0.4, -0.2) is 9.49 Å². The predicted molar refractivity (Wildman–Crippen MR) is 66.2 cm³/mol. The normalized spacial score (nSPS) is 11.2. The van der Waals surface area contributed by atoms with Crippen LogP contribution < -0.4 is 11.3 Å². The summed E-state index contributed by atoms with van der Waals surface area (Å²) in [6.45, 7) is 7.11. The lowest BCUT2D eigenvalue weighted by atomic mass is 10.0. The fourth-order valence-electron chi connectivity index (χ4n) is 1.79. The maximum atomic E-state index is 11.9. The summed E-state index contributed by atoms with van der Waals surface area (Å²) in [4.78, 5) is 22.4. The number of aromatic nitrogens is 1. The molecule has 0 amide bonds. The summed E-state index contributed by atoms with van der Waals surface area (Å²) in [5.74, 6) is -0.162. The highest BCUT2D eigenvalue weighted by Gasteiger charge is 2.24. The van der Waals surface area contributed by atoms with Crippen LogP contribution in [0.2, 0.25) is 0 Å². The third-order valence-corrected chi connectivity index (χ3v) is 2.62. The monoisotopic (exact) mass is 239 g/mol. The number of nitrogen functional groups attached to an aromatic ring is 1. The summed E-state index contributed by atoms with van der Waals surface area (Å²) >= 11 is 0. The van der Waals surface area contributed by atoms with Crippen LogP contribution >= 0.6 is 0 Å². The van der Waals surface area contributed by atoms with E-state index in [4.69, 9.17) is 5.73 Å². The van der Waals surface area contributed by atoms with Gasteiger partial charge in [-0.2, -0.15) is 0 Å². The van der Waals surface area contributed by atoms with Crippen molar-refractivity contribution in [1.29, 1.82) is 0 Å². The van der Waals surface area contributed by atoms with Gasteiger partial charge in [0.05, 0.1) is 16.7 Å². The summed E-state index contributed by atoms with van der Waals surface area (Å²) in [6, 6.07) is -0.162. The molecule has 0 spiro atoms. The van der Waals surface area contributed by atoms with Crippen LogP contribution in [0.1, 0.15) is 45.2 Å². The number of nitrogens with two attached hydrogens (primary N) is 1. The Morgan fingerprint density at radius 2 is 1.88 bits per heavy atom. The zero-order chi connectivity index (χ0) is 13.3. The first-order chi connectivity index (χ1) is 7.77. The molecule has 0 fully saturated rings. The summed E-state index contributed by atoms with van der Waals surface area (Å²) in [6.07, 6.45) is 1.28. The van der Waals surface area contributed by atoms with Crippen LogP contribution in [0.5, 0.6) is 0 Å². The Hall–Kier alpha value is -1.85. The topological polar surface area (TPSA) is 91.2 Å². The Balaban J connectivity index is 3.69. The highest BCUT2D eigenvalue weighted by molar-refractivity contribution is 5.57. The number of pyridine rings is 1. The van der Waals surface area contributed by atoms with E-state index in [1.165, 1.54) is 10.8 Å². The molecule has 0 atom stereocenters. The second-order valence-corrected chi connectivity index (χ2v) is 4.56. The van der Waals surface area contributed by atoms with E-state index in [-0.39, 0.29) is 28.9 Å². The zero-order valence-corrected chi connectivity index (χ0v) is 10.4. The number of nitrogens with zero attached hydrogens (tertiary/aromatic N) is 2. The molecule has 0 aromatic carbocycles. The van der Waals surface area contributed by atoms with Crippen molar-refractivity contribution < 1.29 is 4.92 Å². The molecule has 2 N–H and O–H groups in total. The molecule has 0 aliphatic carbocycles. The molecule has 6 nitrogen and oxygen atoms in total. The standard InChI is InChI=1S/C11H17N3O3/c1-6(2)9-8(14(16)17)5-13(7(3)4)11(15)10(9)12/h5-7H,12H2,1-4H3. The SMILES string of the molecule is CC(C)c1c([N+](=O)[O-])cn(C(C)C)c(=O)c1N. The van der Waals surface area contributed by atoms with Crippen molar-refractivity contribution in [3.8, 4) is 0 Å². The minimum Gasteiger partial charge on any atom is -0.394 e. The van der Waals surface area contributed by atoms with E-state index in [0.29, 0.717) is 5.56 Å². The molecule has 0 aliphatic rings. The van der Waals surface area contributed by atoms with Crippen molar-refractivity contribution in [3.63, 3.8) is 0 Å². The quantitative estimate of drug-likeness (QED) is 0.645. The van der Waals surface area contributed by atoms with Gasteiger partial charge in [-0.1, -0.05) is 13.8 Å². The Morgan fingerprint density at radius 1 is 1.35 bits per heavy atom. The Labute approximate surface area is 99.2 Å². The van der Waals surface area contributed by atoms with Crippen LogP contribution in [0.15, 0.2) is 11.0 Å². The Bertz CT molecular complexity index is 503. The van der Waals surface area contributed by atoms with Crippen molar-refractivity contribution in [3.05, 3.63) is 32.2 Å². The second kappa shape index (κ2) is 4.57. The van der Waals surface area contributed by atoms with Gasteiger partial charge >= 0.3 is 0 Å². The number of hydrogen-bond donors (Lipinski definition) is 1. The van der Waals surface area contributed by atoms with E-state index < -0.39 is 4.92 Å². The van der Waals surface area contributed by atoms with Crippen molar-refractivity contribution in [2.45, 2.75) is 39.7 Å². The third kappa shape index (κ3) is 2.30. The molecule has 94 valence electrons. The lowest BCUT2D eigenvalue weighted by Crippen LogP contribution is -2.26. The zero-order valence-electron chi connectivity index (χ0n) is 10.4. The van der Waals surface area contributed by atoms with E-state index in [9.17, 15) is 14.9 Å². The Morgan fingerprint density at radius 3 is 2.24 bits per heavy atom. The molecule has 1 aromatic heterocycles. The molecule has 6 heteroatoms. The number of hydrogen-bond acceptors (Lipinski definition) is 4. The number of nitro groups is 1. The van der Waals surface area contributed by atoms with Crippen LogP contribution in [0.4, 0.5) is 11.4 Å². The summed E-state index contributed by atoms with van der Waals surface area (Å²) in [5.41, 5.74) is 5.56. The van der Waals surface area contributed by atoms with E-state index in [1.54, 1.807) is 27.7 Å². The van der Waals surface area contributed by atoms with Gasteiger partial charge in [0.25, 0.3) is 11.2 Å². The van der Waals surface area contributed by atoms with Gasteiger partial charge in [0.15, 0.2) is 0 Å². The van der Waals surface area contributed by atoms with E-state index >= 15 is 0 Å². The summed E-state index contributed by atoms with van der Waals surface area (Å²) in [5, 5.41) is 11.0. The van der Waals surface area contributed by atoms with E-state index in [1.807, 2.05) is 0 Å². The summed E-state index contributed by atoms with van der Waals surface area (Å²) < 4.78 is 1.29. The highest BCUT2D eigenvalue weighted by atomic mass is 16.6. The minimum absolute atomic E-state index is 0.0251. The number of rotatable bonds is 3. The molecule has 0 saturated heterocycles. The minimum atomic E-state index is -0.496. The van der Waals surface area contributed by atoms with Gasteiger partial charge in [-0.25, -0.2) is 0 Å². The van der Waals surface area contributed by atoms with E-state index in [2.05, 4.69) is 0 Å². The first kappa shape index (κ1) is 13.2. The Kier molecular flexibility index (Phi) is 3.55. The first-order valence-electron chi connectivity index (χ1n) is 5.46.